The number of carbonyl (C=O) groups excluding carboxylic acids is 1. The Bertz CT molecular complexity index is 480. The monoisotopic (exact) mass is 316 g/mol. The Labute approximate surface area is 143 Å². The van der Waals surface area contributed by atoms with E-state index in [4.69, 9.17) is 0 Å². The van der Waals surface area contributed by atoms with E-state index in [1.54, 1.807) is 11.1 Å². The van der Waals surface area contributed by atoms with Crippen LogP contribution in [0, 0.1) is 11.3 Å². The van der Waals surface area contributed by atoms with Gasteiger partial charge in [-0.05, 0) is 75.9 Å². The summed E-state index contributed by atoms with van der Waals surface area (Å²) in [5, 5.41) is 0. The highest BCUT2D eigenvalue weighted by atomic mass is 16.1. The third kappa shape index (κ3) is 3.98. The summed E-state index contributed by atoms with van der Waals surface area (Å²) < 4.78 is 0. The van der Waals surface area contributed by atoms with Crippen LogP contribution < -0.4 is 0 Å². The van der Waals surface area contributed by atoms with Gasteiger partial charge in [0.25, 0.3) is 0 Å². The first-order valence-electron chi connectivity index (χ1n) is 9.91. The van der Waals surface area contributed by atoms with Crippen LogP contribution in [0.25, 0.3) is 0 Å². The number of carbonyl (C=O) groups is 1. The minimum absolute atomic E-state index is 0.223. The zero-order valence-electron chi connectivity index (χ0n) is 15.8. The van der Waals surface area contributed by atoms with Gasteiger partial charge in [-0.15, -0.1) is 0 Å². The molecule has 1 nitrogen and oxygen atoms in total. The quantitative estimate of drug-likeness (QED) is 0.561. The Kier molecular flexibility index (Phi) is 6.68. The minimum atomic E-state index is -0.223. The van der Waals surface area contributed by atoms with Gasteiger partial charge in [0.2, 0.25) is 0 Å². The number of Topliss-reactive ketones (excluding diaryl/α,β-unsaturated/α-hetero) is 1. The molecule has 130 valence electrons. The number of rotatable bonds is 3. The van der Waals surface area contributed by atoms with Gasteiger partial charge in [-0.25, -0.2) is 0 Å². The first kappa shape index (κ1) is 18.5. The summed E-state index contributed by atoms with van der Waals surface area (Å²) in [6.07, 6.45) is 16.3. The van der Waals surface area contributed by atoms with Crippen LogP contribution in [0.1, 0.15) is 98.3 Å². The van der Waals surface area contributed by atoms with E-state index in [1.807, 2.05) is 6.92 Å². The van der Waals surface area contributed by atoms with Crippen LogP contribution in [0.15, 0.2) is 22.8 Å². The van der Waals surface area contributed by atoms with Crippen molar-refractivity contribution in [1.82, 2.24) is 0 Å². The Morgan fingerprint density at radius 3 is 2.35 bits per heavy atom. The van der Waals surface area contributed by atoms with E-state index in [9.17, 15) is 4.79 Å². The molecule has 1 heteroatoms. The van der Waals surface area contributed by atoms with Gasteiger partial charge in [0.15, 0.2) is 0 Å². The average Bonchev–Trinajstić information content (AvgIpc) is 2.44. The Balaban J connectivity index is 2.50. The fourth-order valence-electron chi connectivity index (χ4n) is 4.96. The zero-order chi connectivity index (χ0) is 16.9. The van der Waals surface area contributed by atoms with Crippen molar-refractivity contribution in [2.45, 2.75) is 98.3 Å². The van der Waals surface area contributed by atoms with E-state index in [1.165, 1.54) is 69.8 Å². The molecule has 2 aliphatic rings. The fourth-order valence-corrected chi connectivity index (χ4v) is 4.96. The maximum Gasteiger partial charge on any atom is 0.140 e. The van der Waals surface area contributed by atoms with Crippen LogP contribution in [0.2, 0.25) is 0 Å². The van der Waals surface area contributed by atoms with Crippen molar-refractivity contribution < 1.29 is 4.79 Å². The van der Waals surface area contributed by atoms with Crippen LogP contribution in [0.5, 0.6) is 0 Å². The van der Waals surface area contributed by atoms with Gasteiger partial charge in [0, 0.05) is 0 Å². The SMILES string of the molecule is CC(=O)C1(C(C)C)CCCCCC(/C2=C/CCCCCC2)=C\1C. The molecule has 0 aromatic heterocycles. The molecule has 23 heavy (non-hydrogen) atoms. The third-order valence-corrected chi connectivity index (χ3v) is 6.41. The maximum atomic E-state index is 12.7. The molecule has 0 aromatic carbocycles. The topological polar surface area (TPSA) is 17.1 Å². The lowest BCUT2D eigenvalue weighted by atomic mass is 9.63. The van der Waals surface area contributed by atoms with Crippen molar-refractivity contribution in [3.63, 3.8) is 0 Å². The van der Waals surface area contributed by atoms with Crippen LogP contribution in [-0.2, 0) is 4.79 Å². The van der Waals surface area contributed by atoms with Gasteiger partial charge < -0.3 is 0 Å². The molecule has 0 aromatic rings. The predicted molar refractivity (Wildman–Crippen MR) is 99.5 cm³/mol. The molecule has 0 heterocycles. The summed E-state index contributed by atoms with van der Waals surface area (Å²) in [5.41, 5.74) is 4.32. The van der Waals surface area contributed by atoms with Crippen LogP contribution in [0.3, 0.4) is 0 Å². The van der Waals surface area contributed by atoms with E-state index in [0.29, 0.717) is 11.7 Å². The van der Waals surface area contributed by atoms with E-state index in [-0.39, 0.29) is 5.41 Å². The summed E-state index contributed by atoms with van der Waals surface area (Å²) in [6.45, 7) is 8.60. The molecule has 2 aliphatic carbocycles. The van der Waals surface area contributed by atoms with Crippen molar-refractivity contribution in [3.8, 4) is 0 Å². The molecule has 0 spiro atoms. The second-order valence-electron chi connectivity index (χ2n) is 8.03. The summed E-state index contributed by atoms with van der Waals surface area (Å²) in [7, 11) is 0. The van der Waals surface area contributed by atoms with Gasteiger partial charge in [-0.2, -0.15) is 0 Å². The Morgan fingerprint density at radius 2 is 1.65 bits per heavy atom. The predicted octanol–water partition coefficient (Wildman–Crippen LogP) is 6.78. The molecule has 0 radical (unpaired) electrons. The van der Waals surface area contributed by atoms with Gasteiger partial charge >= 0.3 is 0 Å². The number of hydrogen-bond donors (Lipinski definition) is 0. The van der Waals surface area contributed by atoms with Crippen molar-refractivity contribution in [2.75, 3.05) is 0 Å². The molecule has 1 atom stereocenters. The lowest BCUT2D eigenvalue weighted by Crippen LogP contribution is -2.37. The van der Waals surface area contributed by atoms with Crippen LogP contribution >= 0.6 is 0 Å². The average molecular weight is 317 g/mol. The van der Waals surface area contributed by atoms with E-state index in [0.717, 1.165) is 6.42 Å². The molecular formula is C22H36O. The largest absolute Gasteiger partial charge is 0.299 e. The minimum Gasteiger partial charge on any atom is -0.299 e. The second-order valence-corrected chi connectivity index (χ2v) is 8.03. The van der Waals surface area contributed by atoms with Crippen molar-refractivity contribution in [3.05, 3.63) is 22.8 Å². The van der Waals surface area contributed by atoms with Crippen molar-refractivity contribution in [1.29, 1.82) is 0 Å². The van der Waals surface area contributed by atoms with E-state index < -0.39 is 0 Å². The van der Waals surface area contributed by atoms with Crippen molar-refractivity contribution >= 4 is 5.78 Å². The molecule has 0 amide bonds. The molecule has 0 saturated heterocycles. The van der Waals surface area contributed by atoms with Gasteiger partial charge in [0.05, 0.1) is 5.41 Å². The highest BCUT2D eigenvalue weighted by Gasteiger charge is 2.41. The smallest absolute Gasteiger partial charge is 0.140 e. The molecule has 0 N–H and O–H groups in total. The number of allylic oxidation sites excluding steroid dienone is 4. The summed E-state index contributed by atoms with van der Waals surface area (Å²) in [6, 6.07) is 0. The summed E-state index contributed by atoms with van der Waals surface area (Å²) >= 11 is 0. The maximum absolute atomic E-state index is 12.7. The third-order valence-electron chi connectivity index (χ3n) is 6.41. The highest BCUT2D eigenvalue weighted by Crippen LogP contribution is 2.47. The Morgan fingerprint density at radius 1 is 1.00 bits per heavy atom. The van der Waals surface area contributed by atoms with Crippen LogP contribution in [-0.4, -0.2) is 5.78 Å². The molecule has 2 rings (SSSR count). The second kappa shape index (κ2) is 8.31. The standard InChI is InChI=1S/C22H36O/c1-17(2)22(19(4)23)16-12-8-11-15-21(18(22)3)20-13-9-6-5-7-10-14-20/h13,17H,5-12,14-16H2,1-4H3/b20-13+,21-18+. The van der Waals surface area contributed by atoms with Gasteiger partial charge in [-0.3, -0.25) is 4.79 Å². The van der Waals surface area contributed by atoms with Gasteiger partial charge in [-0.1, -0.05) is 51.2 Å². The van der Waals surface area contributed by atoms with Crippen LogP contribution in [0.4, 0.5) is 0 Å². The fraction of sp³-hybridized carbons (Fsp3) is 0.773. The summed E-state index contributed by atoms with van der Waals surface area (Å²) in [4.78, 5) is 12.7. The van der Waals surface area contributed by atoms with E-state index >= 15 is 0 Å². The molecule has 0 aliphatic heterocycles. The number of hydrogen-bond acceptors (Lipinski definition) is 1. The zero-order valence-corrected chi connectivity index (χ0v) is 15.8. The van der Waals surface area contributed by atoms with Crippen molar-refractivity contribution in [2.24, 2.45) is 11.3 Å². The Hall–Kier alpha value is -0.850. The lowest BCUT2D eigenvalue weighted by molar-refractivity contribution is -0.127. The molecule has 1 unspecified atom stereocenters. The normalized spacial score (nSPS) is 33.2. The molecule has 0 fully saturated rings. The summed E-state index contributed by atoms with van der Waals surface area (Å²) in [5.74, 6) is 0.776. The first-order chi connectivity index (χ1) is 11.0. The molecular weight excluding hydrogens is 280 g/mol. The lowest BCUT2D eigenvalue weighted by Gasteiger charge is -2.40. The first-order valence-corrected chi connectivity index (χ1v) is 9.91. The molecule has 0 saturated carbocycles. The number of ketones is 1. The van der Waals surface area contributed by atoms with E-state index in [2.05, 4.69) is 26.8 Å². The highest BCUT2D eigenvalue weighted by molar-refractivity contribution is 5.86. The molecule has 0 bridgehead atoms. The van der Waals surface area contributed by atoms with Gasteiger partial charge in [0.1, 0.15) is 5.78 Å².